The number of hydrogen-bond donors (Lipinski definition) is 1. The minimum atomic E-state index is 0.801. The number of benzene rings is 1. The van der Waals surface area contributed by atoms with E-state index in [2.05, 4.69) is 16.3 Å². The van der Waals surface area contributed by atoms with Gasteiger partial charge in [0.15, 0.2) is 0 Å². The monoisotopic (exact) mass is 253 g/mol. The van der Waals surface area contributed by atoms with E-state index in [0.29, 0.717) is 0 Å². The Kier molecular flexibility index (Phi) is 5.21. The average molecular weight is 253 g/mol. The topological polar surface area (TPSA) is 29.9 Å². The third-order valence-electron chi connectivity index (χ3n) is 2.90. The molecule has 2 rings (SSSR count). The minimum absolute atomic E-state index is 0.801. The number of rotatable bonds is 7. The minimum Gasteiger partial charge on any atom is -0.311 e. The molecule has 0 radical (unpaired) electrons. The van der Waals surface area contributed by atoms with Crippen LogP contribution in [0.4, 0.5) is 0 Å². The predicted octanol–water partition coefficient (Wildman–Crippen LogP) is 2.77. The maximum atomic E-state index is 5.21. The van der Waals surface area contributed by atoms with Gasteiger partial charge in [0, 0.05) is 19.2 Å². The molecule has 3 nitrogen and oxygen atoms in total. The summed E-state index contributed by atoms with van der Waals surface area (Å²) in [5.41, 5.74) is 2.14. The number of para-hydroxylation sites is 1. The molecule has 0 saturated heterocycles. The molecule has 0 aliphatic carbocycles. The van der Waals surface area contributed by atoms with Gasteiger partial charge < -0.3 is 5.32 Å². The van der Waals surface area contributed by atoms with Gasteiger partial charge in [0.25, 0.3) is 0 Å². The van der Waals surface area contributed by atoms with Gasteiger partial charge in [-0.2, -0.15) is 5.10 Å². The summed E-state index contributed by atoms with van der Waals surface area (Å²) in [6.07, 6.45) is 10.3. The lowest BCUT2D eigenvalue weighted by Gasteiger charge is -2.02. The first-order valence-electron chi connectivity index (χ1n) is 6.64. The Morgan fingerprint density at radius 2 is 2.00 bits per heavy atom. The average Bonchev–Trinajstić information content (AvgIpc) is 2.92. The quantitative estimate of drug-likeness (QED) is 0.607. The Morgan fingerprint density at radius 3 is 2.79 bits per heavy atom. The number of terminal acetylenes is 1. The van der Waals surface area contributed by atoms with Crippen molar-refractivity contribution in [1.29, 1.82) is 0 Å². The van der Waals surface area contributed by atoms with Crippen molar-refractivity contribution in [3.8, 4) is 18.0 Å². The van der Waals surface area contributed by atoms with Gasteiger partial charge >= 0.3 is 0 Å². The highest BCUT2D eigenvalue weighted by atomic mass is 15.3. The standard InChI is InChI=1S/C16H19N3/c1-2-3-4-8-12-17-14-15-11-13-19(18-15)16-9-6-5-7-10-16/h1,5-7,9-11,13,17H,3-4,8,12,14H2. The molecule has 1 aromatic heterocycles. The van der Waals surface area contributed by atoms with Crippen LogP contribution in [0, 0.1) is 12.3 Å². The maximum absolute atomic E-state index is 5.21. The van der Waals surface area contributed by atoms with Crippen molar-refractivity contribution >= 4 is 0 Å². The third kappa shape index (κ3) is 4.27. The predicted molar refractivity (Wildman–Crippen MR) is 78.0 cm³/mol. The number of hydrogen-bond acceptors (Lipinski definition) is 2. The van der Waals surface area contributed by atoms with Crippen LogP contribution in [0.5, 0.6) is 0 Å². The van der Waals surface area contributed by atoms with Gasteiger partial charge in [-0.25, -0.2) is 4.68 Å². The molecule has 98 valence electrons. The fourth-order valence-electron chi connectivity index (χ4n) is 1.87. The SMILES string of the molecule is C#CCCCCNCc1ccn(-c2ccccc2)n1. The van der Waals surface area contributed by atoms with E-state index in [1.165, 1.54) is 0 Å². The molecular formula is C16H19N3. The van der Waals surface area contributed by atoms with Crippen LogP contribution in [0.15, 0.2) is 42.6 Å². The number of aromatic nitrogens is 2. The summed E-state index contributed by atoms with van der Waals surface area (Å²) in [6, 6.07) is 12.2. The first kappa shape index (κ1) is 13.4. The zero-order chi connectivity index (χ0) is 13.3. The van der Waals surface area contributed by atoms with E-state index in [4.69, 9.17) is 6.42 Å². The molecule has 1 N–H and O–H groups in total. The summed E-state index contributed by atoms with van der Waals surface area (Å²) >= 11 is 0. The van der Waals surface area contributed by atoms with Crippen LogP contribution in [-0.4, -0.2) is 16.3 Å². The first-order chi connectivity index (χ1) is 9.40. The Hall–Kier alpha value is -2.05. The first-order valence-corrected chi connectivity index (χ1v) is 6.64. The van der Waals surface area contributed by atoms with E-state index >= 15 is 0 Å². The van der Waals surface area contributed by atoms with E-state index in [0.717, 1.165) is 43.7 Å². The van der Waals surface area contributed by atoms with E-state index in [-0.39, 0.29) is 0 Å². The molecule has 1 heterocycles. The van der Waals surface area contributed by atoms with Crippen LogP contribution in [0.25, 0.3) is 5.69 Å². The molecule has 0 spiro atoms. The van der Waals surface area contributed by atoms with Crippen LogP contribution < -0.4 is 5.32 Å². The van der Waals surface area contributed by atoms with Crippen LogP contribution in [0.3, 0.4) is 0 Å². The molecule has 0 aliphatic rings. The molecule has 0 aliphatic heterocycles. The molecule has 0 amide bonds. The van der Waals surface area contributed by atoms with Crippen molar-refractivity contribution in [2.24, 2.45) is 0 Å². The smallest absolute Gasteiger partial charge is 0.0766 e. The number of unbranched alkanes of at least 4 members (excludes halogenated alkanes) is 2. The molecule has 0 saturated carbocycles. The van der Waals surface area contributed by atoms with E-state index in [1.54, 1.807) is 0 Å². The molecule has 0 atom stereocenters. The van der Waals surface area contributed by atoms with Crippen molar-refractivity contribution in [3.63, 3.8) is 0 Å². The van der Waals surface area contributed by atoms with Crippen molar-refractivity contribution in [2.75, 3.05) is 6.54 Å². The van der Waals surface area contributed by atoms with Crippen molar-refractivity contribution in [2.45, 2.75) is 25.8 Å². The second-order valence-electron chi connectivity index (χ2n) is 4.43. The molecule has 0 unspecified atom stereocenters. The third-order valence-corrected chi connectivity index (χ3v) is 2.90. The van der Waals surface area contributed by atoms with Gasteiger partial charge in [-0.15, -0.1) is 12.3 Å². The highest BCUT2D eigenvalue weighted by molar-refractivity contribution is 5.30. The lowest BCUT2D eigenvalue weighted by atomic mass is 10.2. The molecule has 2 aromatic rings. The number of nitrogens with zero attached hydrogens (tertiary/aromatic N) is 2. The van der Waals surface area contributed by atoms with Gasteiger partial charge in [-0.3, -0.25) is 0 Å². The normalized spacial score (nSPS) is 10.3. The molecule has 1 aromatic carbocycles. The van der Waals surface area contributed by atoms with Crippen LogP contribution in [0.2, 0.25) is 0 Å². The van der Waals surface area contributed by atoms with Gasteiger partial charge in [-0.05, 0) is 37.6 Å². The lowest BCUT2D eigenvalue weighted by molar-refractivity contribution is 0.618. The fourth-order valence-corrected chi connectivity index (χ4v) is 1.87. The Bertz CT molecular complexity index is 522. The Balaban J connectivity index is 1.77. The summed E-state index contributed by atoms with van der Waals surface area (Å²) in [5, 5.41) is 7.92. The van der Waals surface area contributed by atoms with Crippen molar-refractivity contribution < 1.29 is 0 Å². The van der Waals surface area contributed by atoms with E-state index < -0.39 is 0 Å². The van der Waals surface area contributed by atoms with Crippen molar-refractivity contribution in [1.82, 2.24) is 15.1 Å². The highest BCUT2D eigenvalue weighted by Gasteiger charge is 2.00. The summed E-state index contributed by atoms with van der Waals surface area (Å²) < 4.78 is 1.90. The van der Waals surface area contributed by atoms with E-state index in [1.807, 2.05) is 47.3 Å². The lowest BCUT2D eigenvalue weighted by Crippen LogP contribution is -2.15. The van der Waals surface area contributed by atoms with Crippen molar-refractivity contribution in [3.05, 3.63) is 48.3 Å². The number of nitrogens with one attached hydrogen (secondary N) is 1. The molecule has 19 heavy (non-hydrogen) atoms. The highest BCUT2D eigenvalue weighted by Crippen LogP contribution is 2.06. The van der Waals surface area contributed by atoms with Crippen LogP contribution >= 0.6 is 0 Å². The van der Waals surface area contributed by atoms with Gasteiger partial charge in [0.2, 0.25) is 0 Å². The summed E-state index contributed by atoms with van der Waals surface area (Å²) in [7, 11) is 0. The largest absolute Gasteiger partial charge is 0.311 e. The zero-order valence-corrected chi connectivity index (χ0v) is 11.0. The molecule has 0 fully saturated rings. The second-order valence-corrected chi connectivity index (χ2v) is 4.43. The molecule has 0 bridgehead atoms. The van der Waals surface area contributed by atoms with Gasteiger partial charge in [-0.1, -0.05) is 18.2 Å². The zero-order valence-electron chi connectivity index (χ0n) is 11.0. The molecular weight excluding hydrogens is 234 g/mol. The Morgan fingerprint density at radius 1 is 1.16 bits per heavy atom. The van der Waals surface area contributed by atoms with E-state index in [9.17, 15) is 0 Å². The second kappa shape index (κ2) is 7.40. The van der Waals surface area contributed by atoms with Gasteiger partial charge in [0.1, 0.15) is 0 Å². The van der Waals surface area contributed by atoms with Crippen LogP contribution in [0.1, 0.15) is 25.0 Å². The Labute approximate surface area is 114 Å². The summed E-state index contributed by atoms with van der Waals surface area (Å²) in [4.78, 5) is 0. The van der Waals surface area contributed by atoms with Crippen LogP contribution in [-0.2, 0) is 6.54 Å². The summed E-state index contributed by atoms with van der Waals surface area (Å²) in [5.74, 6) is 2.65. The fraction of sp³-hybridized carbons (Fsp3) is 0.312. The van der Waals surface area contributed by atoms with Gasteiger partial charge in [0.05, 0.1) is 11.4 Å². The summed E-state index contributed by atoms with van der Waals surface area (Å²) in [6.45, 7) is 1.79. The maximum Gasteiger partial charge on any atom is 0.0766 e. The molecule has 3 heteroatoms.